The summed E-state index contributed by atoms with van der Waals surface area (Å²) >= 11 is 8.10. The second-order valence-corrected chi connectivity index (χ2v) is 7.41. The third-order valence-corrected chi connectivity index (χ3v) is 5.53. The average Bonchev–Trinajstić information content (AvgIpc) is 3.35. The van der Waals surface area contributed by atoms with E-state index in [1.807, 2.05) is 42.5 Å². The van der Waals surface area contributed by atoms with Crippen LogP contribution in [0, 0.1) is 6.92 Å². The molecule has 0 aliphatic carbocycles. The second kappa shape index (κ2) is 7.86. The van der Waals surface area contributed by atoms with Crippen LogP contribution in [0.2, 0.25) is 5.02 Å². The first-order chi connectivity index (χ1) is 13.2. The fraction of sp³-hybridized carbons (Fsp3) is 0.0952. The summed E-state index contributed by atoms with van der Waals surface area (Å²) in [6, 6.07) is 15.7. The van der Waals surface area contributed by atoms with Gasteiger partial charge in [0.25, 0.3) is 0 Å². The maximum atomic E-state index is 6.40. The number of nitrogens with zero attached hydrogens (tertiary/aromatic N) is 3. The van der Waals surface area contributed by atoms with Crippen molar-refractivity contribution in [1.82, 2.24) is 4.98 Å². The predicted octanol–water partition coefficient (Wildman–Crippen LogP) is 7.32. The van der Waals surface area contributed by atoms with E-state index in [0.29, 0.717) is 17.5 Å². The van der Waals surface area contributed by atoms with Gasteiger partial charge in [-0.3, -0.25) is 0 Å². The van der Waals surface area contributed by atoms with Crippen LogP contribution < -0.4 is 0 Å². The van der Waals surface area contributed by atoms with E-state index in [0.717, 1.165) is 22.4 Å². The van der Waals surface area contributed by atoms with Crippen molar-refractivity contribution in [3.05, 3.63) is 81.8 Å². The fourth-order valence-electron chi connectivity index (χ4n) is 2.70. The molecule has 0 aliphatic heterocycles. The van der Waals surface area contributed by atoms with Gasteiger partial charge in [0.05, 0.1) is 18.4 Å². The number of aromatic nitrogens is 1. The van der Waals surface area contributed by atoms with E-state index in [9.17, 15) is 0 Å². The molecule has 4 aromatic rings. The maximum Gasteiger partial charge on any atom is 0.225 e. The Morgan fingerprint density at radius 3 is 2.59 bits per heavy atom. The first-order valence-corrected chi connectivity index (χ1v) is 9.67. The van der Waals surface area contributed by atoms with E-state index in [2.05, 4.69) is 33.6 Å². The molecule has 2 heterocycles. The van der Waals surface area contributed by atoms with E-state index >= 15 is 0 Å². The summed E-state index contributed by atoms with van der Waals surface area (Å²) in [6.07, 6.45) is 3.18. The van der Waals surface area contributed by atoms with Crippen molar-refractivity contribution in [2.24, 2.45) is 10.2 Å². The number of oxazole rings is 1. The summed E-state index contributed by atoms with van der Waals surface area (Å²) in [5.74, 6) is 0.571. The molecule has 0 spiro atoms. The minimum absolute atomic E-state index is 0.571. The molecule has 0 amide bonds. The molecule has 134 valence electrons. The van der Waals surface area contributed by atoms with Crippen LogP contribution in [0.3, 0.4) is 0 Å². The van der Waals surface area contributed by atoms with Gasteiger partial charge in [-0.15, -0.1) is 11.3 Å². The van der Waals surface area contributed by atoms with Gasteiger partial charge in [-0.2, -0.15) is 10.2 Å². The number of thiophene rings is 1. The van der Waals surface area contributed by atoms with Gasteiger partial charge >= 0.3 is 0 Å². The summed E-state index contributed by atoms with van der Waals surface area (Å²) in [5.41, 5.74) is 4.88. The summed E-state index contributed by atoms with van der Waals surface area (Å²) < 4.78 is 5.37. The fourth-order valence-corrected chi connectivity index (χ4v) is 3.75. The molecule has 0 N–H and O–H groups in total. The van der Waals surface area contributed by atoms with Gasteiger partial charge in [0.2, 0.25) is 5.89 Å². The van der Waals surface area contributed by atoms with Crippen LogP contribution in [0.25, 0.3) is 22.6 Å². The summed E-state index contributed by atoms with van der Waals surface area (Å²) in [4.78, 5) is 5.43. The maximum absolute atomic E-state index is 6.40. The second-order valence-electron chi connectivity index (χ2n) is 6.01. The quantitative estimate of drug-likeness (QED) is 0.333. The minimum Gasteiger partial charge on any atom is -0.445 e. The van der Waals surface area contributed by atoms with Crippen LogP contribution in [0.1, 0.15) is 10.4 Å². The molecule has 0 radical (unpaired) electrons. The summed E-state index contributed by atoms with van der Waals surface area (Å²) in [7, 11) is 0. The Balaban J connectivity index is 1.54. The molecule has 0 bridgehead atoms. The zero-order chi connectivity index (χ0) is 18.6. The third kappa shape index (κ3) is 3.99. The lowest BCUT2D eigenvalue weighted by Crippen LogP contribution is -1.83. The SMILES string of the molecule is Cc1ccsc1CN=Nc1ccc(-c2cc(-c3ncco3)ccc2Cl)cc1. The van der Waals surface area contributed by atoms with E-state index in [4.69, 9.17) is 16.0 Å². The zero-order valence-corrected chi connectivity index (χ0v) is 16.2. The van der Waals surface area contributed by atoms with Crippen LogP contribution in [-0.2, 0) is 6.54 Å². The van der Waals surface area contributed by atoms with Crippen molar-refractivity contribution >= 4 is 28.6 Å². The van der Waals surface area contributed by atoms with Gasteiger partial charge in [0.1, 0.15) is 6.26 Å². The van der Waals surface area contributed by atoms with E-state index in [1.54, 1.807) is 23.8 Å². The highest BCUT2D eigenvalue weighted by Gasteiger charge is 2.09. The van der Waals surface area contributed by atoms with Crippen LogP contribution in [0.15, 0.2) is 81.0 Å². The normalized spacial score (nSPS) is 11.3. The van der Waals surface area contributed by atoms with Crippen LogP contribution in [0.4, 0.5) is 5.69 Å². The van der Waals surface area contributed by atoms with Crippen LogP contribution >= 0.6 is 22.9 Å². The van der Waals surface area contributed by atoms with Crippen molar-refractivity contribution in [3.8, 4) is 22.6 Å². The van der Waals surface area contributed by atoms with E-state index in [-0.39, 0.29) is 0 Å². The molecule has 0 atom stereocenters. The van der Waals surface area contributed by atoms with E-state index < -0.39 is 0 Å². The zero-order valence-electron chi connectivity index (χ0n) is 14.6. The Morgan fingerprint density at radius 2 is 1.89 bits per heavy atom. The number of azo groups is 1. The number of hydrogen-bond donors (Lipinski definition) is 0. The number of aryl methyl sites for hydroxylation is 1. The number of rotatable bonds is 5. The Morgan fingerprint density at radius 1 is 1.07 bits per heavy atom. The first-order valence-electron chi connectivity index (χ1n) is 8.41. The molecule has 0 unspecified atom stereocenters. The molecule has 4 rings (SSSR count). The molecule has 0 aliphatic rings. The Bertz CT molecular complexity index is 1070. The van der Waals surface area contributed by atoms with Crippen LogP contribution in [-0.4, -0.2) is 4.98 Å². The van der Waals surface area contributed by atoms with E-state index in [1.165, 1.54) is 10.4 Å². The summed E-state index contributed by atoms with van der Waals surface area (Å²) in [5, 5.41) is 11.4. The molecule has 27 heavy (non-hydrogen) atoms. The van der Waals surface area contributed by atoms with Gasteiger partial charge in [-0.25, -0.2) is 4.98 Å². The topological polar surface area (TPSA) is 50.8 Å². The smallest absolute Gasteiger partial charge is 0.225 e. The van der Waals surface area contributed by atoms with Crippen molar-refractivity contribution in [3.63, 3.8) is 0 Å². The third-order valence-electron chi connectivity index (χ3n) is 4.19. The van der Waals surface area contributed by atoms with Gasteiger partial charge in [0.15, 0.2) is 0 Å². The molecular weight excluding hydrogens is 378 g/mol. The highest BCUT2D eigenvalue weighted by Crippen LogP contribution is 2.33. The van der Waals surface area contributed by atoms with Crippen molar-refractivity contribution < 1.29 is 4.42 Å². The molecule has 2 aromatic carbocycles. The Labute approximate surface area is 166 Å². The molecule has 2 aromatic heterocycles. The lowest BCUT2D eigenvalue weighted by molar-refractivity contribution is 0.574. The molecule has 0 saturated heterocycles. The molecule has 6 heteroatoms. The monoisotopic (exact) mass is 393 g/mol. The lowest BCUT2D eigenvalue weighted by atomic mass is 10.0. The molecule has 4 nitrogen and oxygen atoms in total. The Hall–Kier alpha value is -2.76. The number of benzene rings is 2. The van der Waals surface area contributed by atoms with Gasteiger partial charge in [-0.05, 0) is 59.8 Å². The van der Waals surface area contributed by atoms with Crippen molar-refractivity contribution in [2.45, 2.75) is 13.5 Å². The lowest BCUT2D eigenvalue weighted by Gasteiger charge is -2.07. The van der Waals surface area contributed by atoms with Gasteiger partial charge in [-0.1, -0.05) is 23.7 Å². The Kier molecular flexibility index (Phi) is 5.14. The standard InChI is InChI=1S/C21H16ClN3OS/c1-14-8-11-27-20(14)13-24-25-17-5-2-15(3-6-17)18-12-16(4-7-19(18)22)21-23-9-10-26-21/h2-12H,13H2,1H3. The number of hydrogen-bond acceptors (Lipinski definition) is 5. The molecular formula is C21H16ClN3OS. The minimum atomic E-state index is 0.571. The van der Waals surface area contributed by atoms with Gasteiger partial charge in [0, 0.05) is 21.0 Å². The molecule has 0 saturated carbocycles. The highest BCUT2D eigenvalue weighted by molar-refractivity contribution is 7.10. The average molecular weight is 394 g/mol. The number of halogens is 1. The van der Waals surface area contributed by atoms with Crippen LogP contribution in [0.5, 0.6) is 0 Å². The van der Waals surface area contributed by atoms with Crippen molar-refractivity contribution in [1.29, 1.82) is 0 Å². The largest absolute Gasteiger partial charge is 0.445 e. The first kappa shape index (κ1) is 17.6. The van der Waals surface area contributed by atoms with Crippen molar-refractivity contribution in [2.75, 3.05) is 0 Å². The van der Waals surface area contributed by atoms with Gasteiger partial charge < -0.3 is 4.42 Å². The molecule has 0 fully saturated rings. The highest BCUT2D eigenvalue weighted by atomic mass is 35.5. The summed E-state index contributed by atoms with van der Waals surface area (Å²) in [6.45, 7) is 2.70. The predicted molar refractivity (Wildman–Crippen MR) is 110 cm³/mol.